The average molecular weight is 367 g/mol. The van der Waals surface area contributed by atoms with Crippen LogP contribution in [0.3, 0.4) is 0 Å². The fraction of sp³-hybridized carbons (Fsp3) is 0.478. The van der Waals surface area contributed by atoms with Crippen molar-refractivity contribution >= 4 is 11.8 Å². The smallest absolute Gasteiger partial charge is 0.316 e. The van der Waals surface area contributed by atoms with Gasteiger partial charge in [-0.3, -0.25) is 4.79 Å². The summed E-state index contributed by atoms with van der Waals surface area (Å²) in [4.78, 5) is 19.6. The molecule has 2 aliphatic rings. The number of hydrogen-bond acceptors (Lipinski definition) is 3. The lowest BCUT2D eigenvalue weighted by Crippen LogP contribution is -2.42. The average Bonchev–Trinajstić information content (AvgIpc) is 3.57. The van der Waals surface area contributed by atoms with Crippen LogP contribution in [0.15, 0.2) is 60.9 Å². The fourth-order valence-corrected chi connectivity index (χ4v) is 4.00. The molecule has 0 radical (unpaired) electrons. The standard InChI is InChI=1S/C23H30N2O2/c1-4-24-22(25(5-2)16-17-10-8-7-9-11-17)21(23(26)27-6-3)20(18-12-13-18)19-14-15-19/h4-5,7-11,18-21H,1-2,6,12-16H2,3H3. The van der Waals surface area contributed by atoms with Gasteiger partial charge < -0.3 is 9.64 Å². The van der Waals surface area contributed by atoms with Gasteiger partial charge in [0, 0.05) is 12.7 Å². The third-order valence-electron chi connectivity index (χ3n) is 5.47. The molecule has 0 saturated heterocycles. The summed E-state index contributed by atoms with van der Waals surface area (Å²) >= 11 is 0. The lowest BCUT2D eigenvalue weighted by Gasteiger charge is -2.32. The molecule has 1 aromatic rings. The first kappa shape index (κ1) is 19.4. The second kappa shape index (κ2) is 9.03. The van der Waals surface area contributed by atoms with Crippen molar-refractivity contribution in [2.24, 2.45) is 28.7 Å². The number of benzene rings is 1. The van der Waals surface area contributed by atoms with E-state index in [1.807, 2.05) is 30.0 Å². The lowest BCUT2D eigenvalue weighted by atomic mass is 9.82. The molecule has 2 fully saturated rings. The highest BCUT2D eigenvalue weighted by Crippen LogP contribution is 2.53. The molecule has 2 aliphatic carbocycles. The highest BCUT2D eigenvalue weighted by Gasteiger charge is 2.50. The molecule has 4 nitrogen and oxygen atoms in total. The Bertz CT molecular complexity index is 678. The van der Waals surface area contributed by atoms with Crippen LogP contribution in [0.2, 0.25) is 0 Å². The molecule has 0 bridgehead atoms. The number of aliphatic imine (C=N–C) groups is 1. The molecule has 0 aliphatic heterocycles. The van der Waals surface area contributed by atoms with Crippen molar-refractivity contribution in [3.63, 3.8) is 0 Å². The van der Waals surface area contributed by atoms with E-state index in [4.69, 9.17) is 4.74 Å². The molecule has 0 N–H and O–H groups in total. The minimum absolute atomic E-state index is 0.165. The summed E-state index contributed by atoms with van der Waals surface area (Å²) < 4.78 is 5.50. The van der Waals surface area contributed by atoms with Crippen molar-refractivity contribution in [2.75, 3.05) is 6.61 Å². The molecule has 4 heteroatoms. The number of amidine groups is 1. The van der Waals surface area contributed by atoms with E-state index in [9.17, 15) is 4.79 Å². The Morgan fingerprint density at radius 3 is 2.33 bits per heavy atom. The fourth-order valence-electron chi connectivity index (χ4n) is 4.00. The summed E-state index contributed by atoms with van der Waals surface area (Å²) in [7, 11) is 0. The molecule has 144 valence electrons. The van der Waals surface area contributed by atoms with Crippen LogP contribution in [0.5, 0.6) is 0 Å². The zero-order chi connectivity index (χ0) is 19.2. The summed E-state index contributed by atoms with van der Waals surface area (Å²) in [6, 6.07) is 10.2. The van der Waals surface area contributed by atoms with E-state index in [1.165, 1.54) is 31.9 Å². The van der Waals surface area contributed by atoms with Crippen LogP contribution in [0, 0.1) is 23.7 Å². The van der Waals surface area contributed by atoms with Crippen molar-refractivity contribution in [3.8, 4) is 0 Å². The van der Waals surface area contributed by atoms with Crippen LogP contribution in [0.1, 0.15) is 38.2 Å². The van der Waals surface area contributed by atoms with Gasteiger partial charge in [0.15, 0.2) is 0 Å². The van der Waals surface area contributed by atoms with Crippen LogP contribution in [-0.4, -0.2) is 23.3 Å². The molecule has 0 amide bonds. The number of hydrogen-bond donors (Lipinski definition) is 0. The van der Waals surface area contributed by atoms with Crippen molar-refractivity contribution < 1.29 is 9.53 Å². The molecule has 27 heavy (non-hydrogen) atoms. The Hall–Kier alpha value is -2.36. The van der Waals surface area contributed by atoms with Gasteiger partial charge >= 0.3 is 5.97 Å². The number of carbonyl (C=O) groups excluding carboxylic acids is 1. The van der Waals surface area contributed by atoms with Gasteiger partial charge in [0.25, 0.3) is 0 Å². The zero-order valence-electron chi connectivity index (χ0n) is 16.2. The summed E-state index contributed by atoms with van der Waals surface area (Å²) in [6.45, 7) is 10.6. The predicted octanol–water partition coefficient (Wildman–Crippen LogP) is 4.79. The summed E-state index contributed by atoms with van der Waals surface area (Å²) in [5.74, 6) is 1.70. The number of ether oxygens (including phenoxy) is 1. The largest absolute Gasteiger partial charge is 0.465 e. The van der Waals surface area contributed by atoms with Gasteiger partial charge in [-0.2, -0.15) is 0 Å². The van der Waals surface area contributed by atoms with Crippen molar-refractivity contribution in [3.05, 3.63) is 61.5 Å². The van der Waals surface area contributed by atoms with Gasteiger partial charge in [0.05, 0.1) is 6.61 Å². The highest BCUT2D eigenvalue weighted by atomic mass is 16.5. The first-order chi connectivity index (χ1) is 13.2. The van der Waals surface area contributed by atoms with E-state index < -0.39 is 0 Å². The van der Waals surface area contributed by atoms with E-state index in [2.05, 4.69) is 30.3 Å². The van der Waals surface area contributed by atoms with Crippen molar-refractivity contribution in [1.82, 2.24) is 4.90 Å². The second-order valence-electron chi connectivity index (χ2n) is 7.45. The lowest BCUT2D eigenvalue weighted by molar-refractivity contribution is -0.148. The molecule has 2 saturated carbocycles. The van der Waals surface area contributed by atoms with Gasteiger partial charge in [-0.05, 0) is 62.1 Å². The number of nitrogens with zero attached hydrogens (tertiary/aromatic N) is 2. The van der Waals surface area contributed by atoms with Gasteiger partial charge in [-0.25, -0.2) is 4.99 Å². The maximum atomic E-state index is 13.0. The van der Waals surface area contributed by atoms with Gasteiger partial charge in [0.2, 0.25) is 0 Å². The zero-order valence-corrected chi connectivity index (χ0v) is 16.2. The third-order valence-corrected chi connectivity index (χ3v) is 5.47. The van der Waals surface area contributed by atoms with E-state index in [0.717, 1.165) is 5.56 Å². The van der Waals surface area contributed by atoms with E-state index >= 15 is 0 Å². The Morgan fingerprint density at radius 2 is 1.85 bits per heavy atom. The van der Waals surface area contributed by atoms with Gasteiger partial charge in [0.1, 0.15) is 11.8 Å². The van der Waals surface area contributed by atoms with Gasteiger partial charge in [-0.1, -0.05) is 43.5 Å². The highest BCUT2D eigenvalue weighted by molar-refractivity contribution is 6.02. The minimum Gasteiger partial charge on any atom is -0.465 e. The Kier molecular flexibility index (Phi) is 6.49. The van der Waals surface area contributed by atoms with E-state index in [-0.39, 0.29) is 11.9 Å². The monoisotopic (exact) mass is 366 g/mol. The van der Waals surface area contributed by atoms with Crippen LogP contribution in [-0.2, 0) is 16.1 Å². The topological polar surface area (TPSA) is 41.9 Å². The molecule has 0 heterocycles. The Labute approximate surface area is 162 Å². The Balaban J connectivity index is 1.93. The van der Waals surface area contributed by atoms with Gasteiger partial charge in [-0.15, -0.1) is 0 Å². The van der Waals surface area contributed by atoms with E-state index in [0.29, 0.717) is 36.7 Å². The Morgan fingerprint density at radius 1 is 1.22 bits per heavy atom. The van der Waals surface area contributed by atoms with Crippen molar-refractivity contribution in [1.29, 1.82) is 0 Å². The number of rotatable bonds is 10. The number of carbonyl (C=O) groups is 1. The first-order valence-corrected chi connectivity index (χ1v) is 9.97. The number of esters is 1. The second-order valence-corrected chi connectivity index (χ2v) is 7.45. The van der Waals surface area contributed by atoms with Crippen LogP contribution < -0.4 is 0 Å². The SMILES string of the molecule is C=CN=C(C(C(=O)OCC)C(C1CC1)C1CC1)N(C=C)Cc1ccccc1. The maximum absolute atomic E-state index is 13.0. The summed E-state index contributed by atoms with van der Waals surface area (Å²) in [5.41, 5.74) is 1.14. The first-order valence-electron chi connectivity index (χ1n) is 9.97. The molecule has 1 aromatic carbocycles. The summed E-state index contributed by atoms with van der Waals surface area (Å²) in [6.07, 6.45) is 8.09. The normalized spacial score (nSPS) is 18.1. The molecule has 0 spiro atoms. The predicted molar refractivity (Wildman–Crippen MR) is 109 cm³/mol. The molecule has 3 rings (SSSR count). The summed E-state index contributed by atoms with van der Waals surface area (Å²) in [5, 5.41) is 0. The molecule has 1 unspecified atom stereocenters. The third kappa shape index (κ3) is 4.88. The molecular formula is C23H30N2O2. The minimum atomic E-state index is -0.357. The van der Waals surface area contributed by atoms with Crippen LogP contribution in [0.25, 0.3) is 0 Å². The molecule has 1 atom stereocenters. The maximum Gasteiger partial charge on any atom is 0.316 e. The molecule has 0 aromatic heterocycles. The van der Waals surface area contributed by atoms with Crippen LogP contribution >= 0.6 is 0 Å². The van der Waals surface area contributed by atoms with Crippen LogP contribution in [0.4, 0.5) is 0 Å². The van der Waals surface area contributed by atoms with E-state index in [1.54, 1.807) is 6.20 Å². The molecular weight excluding hydrogens is 336 g/mol. The van der Waals surface area contributed by atoms with Crippen molar-refractivity contribution in [2.45, 2.75) is 39.2 Å². The quantitative estimate of drug-likeness (QED) is 0.340.